The Hall–Kier alpha value is -1.68. The predicted molar refractivity (Wildman–Crippen MR) is 65.1 cm³/mol. The van der Waals surface area contributed by atoms with Crippen LogP contribution in [-0.4, -0.2) is 14.2 Å². The minimum Gasteiger partial charge on any atom is -0.496 e. The molecule has 2 rings (SSSR count). The lowest BCUT2D eigenvalue weighted by Gasteiger charge is -2.09. The van der Waals surface area contributed by atoms with Gasteiger partial charge in [0, 0.05) is 24.1 Å². The fourth-order valence-corrected chi connectivity index (χ4v) is 1.91. The van der Waals surface area contributed by atoms with E-state index in [0.717, 1.165) is 0 Å². The molecule has 5 heteroatoms. The van der Waals surface area contributed by atoms with Gasteiger partial charge >= 0.3 is 5.63 Å². The first-order chi connectivity index (χ1) is 8.19. The quantitative estimate of drug-likeness (QED) is 0.624. The minimum absolute atomic E-state index is 0.213. The molecule has 1 aromatic heterocycles. The first kappa shape index (κ1) is 11.8. The van der Waals surface area contributed by atoms with E-state index in [4.69, 9.17) is 25.5 Å². The summed E-state index contributed by atoms with van der Waals surface area (Å²) in [5.74, 6) is 1.34. The second-order valence-electron chi connectivity index (χ2n) is 3.43. The molecular weight excluding hydrogens is 244 g/mol. The Morgan fingerprint density at radius 1 is 1.24 bits per heavy atom. The number of benzene rings is 1. The Kier molecular flexibility index (Phi) is 3.24. The number of methoxy groups -OCH3 is 2. The van der Waals surface area contributed by atoms with Crippen molar-refractivity contribution in [3.8, 4) is 11.5 Å². The van der Waals surface area contributed by atoms with E-state index in [-0.39, 0.29) is 5.88 Å². The molecule has 0 unspecified atom stereocenters. The lowest BCUT2D eigenvalue weighted by Crippen LogP contribution is -2.01. The van der Waals surface area contributed by atoms with Crippen LogP contribution in [0.25, 0.3) is 11.0 Å². The van der Waals surface area contributed by atoms with Crippen LogP contribution in [0.5, 0.6) is 11.5 Å². The largest absolute Gasteiger partial charge is 0.496 e. The van der Waals surface area contributed by atoms with Crippen LogP contribution in [0.3, 0.4) is 0 Å². The van der Waals surface area contributed by atoms with Crippen LogP contribution < -0.4 is 15.1 Å². The van der Waals surface area contributed by atoms with E-state index in [1.165, 1.54) is 20.3 Å². The van der Waals surface area contributed by atoms with Gasteiger partial charge in [-0.2, -0.15) is 0 Å². The van der Waals surface area contributed by atoms with E-state index in [9.17, 15) is 4.79 Å². The van der Waals surface area contributed by atoms with Crippen molar-refractivity contribution in [2.45, 2.75) is 5.88 Å². The number of halogens is 1. The average molecular weight is 255 g/mol. The summed E-state index contributed by atoms with van der Waals surface area (Å²) in [5, 5.41) is 0.697. The molecule has 0 saturated heterocycles. The second kappa shape index (κ2) is 4.67. The maximum absolute atomic E-state index is 11.4. The zero-order valence-electron chi connectivity index (χ0n) is 9.45. The molecular formula is C12H11ClO4. The highest BCUT2D eigenvalue weighted by atomic mass is 35.5. The van der Waals surface area contributed by atoms with Crippen molar-refractivity contribution in [3.05, 3.63) is 34.2 Å². The summed E-state index contributed by atoms with van der Waals surface area (Å²) in [6.45, 7) is 0. The Balaban J connectivity index is 2.88. The summed E-state index contributed by atoms with van der Waals surface area (Å²) >= 11 is 5.81. The molecule has 17 heavy (non-hydrogen) atoms. The van der Waals surface area contributed by atoms with E-state index in [2.05, 4.69) is 0 Å². The summed E-state index contributed by atoms with van der Waals surface area (Å²) in [4.78, 5) is 11.4. The molecule has 0 atom stereocenters. The third-order valence-electron chi connectivity index (χ3n) is 2.46. The number of hydrogen-bond acceptors (Lipinski definition) is 4. The number of rotatable bonds is 3. The minimum atomic E-state index is -0.441. The van der Waals surface area contributed by atoms with Gasteiger partial charge in [0.05, 0.1) is 19.6 Å². The summed E-state index contributed by atoms with van der Waals surface area (Å²) in [7, 11) is 3.07. The van der Waals surface area contributed by atoms with Crippen molar-refractivity contribution in [2.24, 2.45) is 0 Å². The van der Waals surface area contributed by atoms with Crippen LogP contribution in [0.1, 0.15) is 5.56 Å². The molecule has 0 aliphatic carbocycles. The van der Waals surface area contributed by atoms with Crippen LogP contribution in [0, 0.1) is 0 Å². The topological polar surface area (TPSA) is 48.7 Å². The number of alkyl halides is 1. The highest BCUT2D eigenvalue weighted by molar-refractivity contribution is 6.18. The lowest BCUT2D eigenvalue weighted by molar-refractivity contribution is 0.395. The maximum atomic E-state index is 11.4. The molecule has 0 N–H and O–H groups in total. The van der Waals surface area contributed by atoms with Crippen LogP contribution in [0.4, 0.5) is 0 Å². The summed E-state index contributed by atoms with van der Waals surface area (Å²) in [6, 6.07) is 4.72. The van der Waals surface area contributed by atoms with Gasteiger partial charge in [0.25, 0.3) is 0 Å². The van der Waals surface area contributed by atoms with Crippen molar-refractivity contribution in [1.82, 2.24) is 0 Å². The molecule has 0 saturated carbocycles. The fraction of sp³-hybridized carbons (Fsp3) is 0.250. The Morgan fingerprint density at radius 3 is 2.59 bits per heavy atom. The molecule has 2 aromatic rings. The summed E-state index contributed by atoms with van der Waals surface area (Å²) in [5.41, 5.74) is 0.644. The smallest absolute Gasteiger partial charge is 0.336 e. The van der Waals surface area contributed by atoms with Gasteiger partial charge < -0.3 is 13.9 Å². The van der Waals surface area contributed by atoms with E-state index >= 15 is 0 Å². The van der Waals surface area contributed by atoms with Crippen LogP contribution in [0.15, 0.2) is 27.4 Å². The number of fused-ring (bicyclic) bond motifs is 1. The Labute approximate surface area is 103 Å². The summed E-state index contributed by atoms with van der Waals surface area (Å²) in [6.07, 6.45) is 0. The van der Waals surface area contributed by atoms with Crippen molar-refractivity contribution in [1.29, 1.82) is 0 Å². The highest BCUT2D eigenvalue weighted by Crippen LogP contribution is 2.33. The second-order valence-corrected chi connectivity index (χ2v) is 3.69. The van der Waals surface area contributed by atoms with Crippen molar-refractivity contribution >= 4 is 22.6 Å². The zero-order chi connectivity index (χ0) is 12.4. The molecule has 0 bridgehead atoms. The standard InChI is InChI=1S/C12H11ClO4/c1-15-8-4-9(16-2)12-7(6-13)3-11(14)17-10(12)5-8/h3-5H,6H2,1-2H3. The molecule has 0 radical (unpaired) electrons. The van der Waals surface area contributed by atoms with Crippen molar-refractivity contribution in [2.75, 3.05) is 14.2 Å². The lowest BCUT2D eigenvalue weighted by atomic mass is 10.1. The molecule has 1 aromatic carbocycles. The average Bonchev–Trinajstić information content (AvgIpc) is 2.35. The third kappa shape index (κ3) is 2.08. The first-order valence-corrected chi connectivity index (χ1v) is 5.47. The SMILES string of the molecule is COc1cc(OC)c2c(CCl)cc(=O)oc2c1. The van der Waals surface area contributed by atoms with Gasteiger partial charge in [-0.3, -0.25) is 0 Å². The van der Waals surface area contributed by atoms with Crippen LogP contribution in [-0.2, 0) is 5.88 Å². The van der Waals surface area contributed by atoms with Gasteiger partial charge in [-0.25, -0.2) is 4.79 Å². The molecule has 0 aliphatic heterocycles. The van der Waals surface area contributed by atoms with E-state index in [1.807, 2.05) is 0 Å². The maximum Gasteiger partial charge on any atom is 0.336 e. The van der Waals surface area contributed by atoms with E-state index in [0.29, 0.717) is 28.0 Å². The van der Waals surface area contributed by atoms with Crippen molar-refractivity contribution < 1.29 is 13.9 Å². The van der Waals surface area contributed by atoms with Crippen LogP contribution in [0.2, 0.25) is 0 Å². The van der Waals surface area contributed by atoms with Crippen LogP contribution >= 0.6 is 11.6 Å². The van der Waals surface area contributed by atoms with E-state index in [1.54, 1.807) is 12.1 Å². The fourth-order valence-electron chi connectivity index (χ4n) is 1.70. The number of ether oxygens (including phenoxy) is 2. The molecule has 90 valence electrons. The zero-order valence-corrected chi connectivity index (χ0v) is 10.2. The molecule has 0 aliphatic rings. The number of hydrogen-bond donors (Lipinski definition) is 0. The summed E-state index contributed by atoms with van der Waals surface area (Å²) < 4.78 is 15.5. The highest BCUT2D eigenvalue weighted by Gasteiger charge is 2.12. The van der Waals surface area contributed by atoms with Gasteiger partial charge in [0.1, 0.15) is 17.1 Å². The molecule has 0 fully saturated rings. The van der Waals surface area contributed by atoms with E-state index < -0.39 is 5.63 Å². The normalized spacial score (nSPS) is 10.5. The Bertz CT molecular complexity index is 603. The van der Waals surface area contributed by atoms with Crippen molar-refractivity contribution in [3.63, 3.8) is 0 Å². The van der Waals surface area contributed by atoms with Gasteiger partial charge in [0.15, 0.2) is 0 Å². The van der Waals surface area contributed by atoms with Gasteiger partial charge in [0.2, 0.25) is 0 Å². The molecule has 0 amide bonds. The monoisotopic (exact) mass is 254 g/mol. The third-order valence-corrected chi connectivity index (χ3v) is 2.75. The molecule has 1 heterocycles. The predicted octanol–water partition coefficient (Wildman–Crippen LogP) is 2.55. The first-order valence-electron chi connectivity index (χ1n) is 4.94. The molecule has 4 nitrogen and oxygen atoms in total. The van der Waals surface area contributed by atoms with Gasteiger partial charge in [-0.15, -0.1) is 11.6 Å². The molecule has 0 spiro atoms. The van der Waals surface area contributed by atoms with Gasteiger partial charge in [-0.05, 0) is 5.56 Å². The Morgan fingerprint density at radius 2 is 2.00 bits per heavy atom. The van der Waals surface area contributed by atoms with Gasteiger partial charge in [-0.1, -0.05) is 0 Å².